The predicted octanol–water partition coefficient (Wildman–Crippen LogP) is 3.68. The van der Waals surface area contributed by atoms with Gasteiger partial charge in [0.15, 0.2) is 0 Å². The highest BCUT2D eigenvalue weighted by Gasteiger charge is 2.18. The molecule has 0 aliphatic carbocycles. The summed E-state index contributed by atoms with van der Waals surface area (Å²) in [6.07, 6.45) is 1.02. The number of thiocarbonyl (C=S) groups is 1. The highest BCUT2D eigenvalue weighted by atomic mass is 79.9. The summed E-state index contributed by atoms with van der Waals surface area (Å²) < 4.78 is 0.928. The molecule has 0 aliphatic rings. The smallest absolute Gasteiger partial charge is 0.107 e. The van der Waals surface area contributed by atoms with Crippen LogP contribution in [0, 0.1) is 0 Å². The molecule has 88 valence electrons. The molecule has 0 saturated carbocycles. The van der Waals surface area contributed by atoms with Crippen LogP contribution in [0.25, 0.3) is 0 Å². The van der Waals surface area contributed by atoms with Crippen LogP contribution in [0.4, 0.5) is 5.69 Å². The first-order valence-corrected chi connectivity index (χ1v) is 6.44. The van der Waals surface area contributed by atoms with Crippen molar-refractivity contribution < 1.29 is 0 Å². The lowest BCUT2D eigenvalue weighted by atomic mass is 10.0. The standard InChI is InChI=1S/C12H17BrN2S/c1-4-12(2,3)15-9-7-5-6-8(13)10(9)11(14)16/h5-7,15H,4H2,1-3H3,(H2,14,16). The van der Waals surface area contributed by atoms with E-state index in [1.165, 1.54) is 0 Å². The van der Waals surface area contributed by atoms with Crippen LogP contribution in [-0.4, -0.2) is 10.5 Å². The van der Waals surface area contributed by atoms with Gasteiger partial charge in [0.1, 0.15) is 4.99 Å². The maximum Gasteiger partial charge on any atom is 0.107 e. The minimum atomic E-state index is 0.0281. The lowest BCUT2D eigenvalue weighted by molar-refractivity contribution is 0.547. The molecule has 0 spiro atoms. The van der Waals surface area contributed by atoms with E-state index in [2.05, 4.69) is 42.0 Å². The number of rotatable bonds is 4. The SMILES string of the molecule is CCC(C)(C)Nc1cccc(Br)c1C(N)=S. The summed E-state index contributed by atoms with van der Waals surface area (Å²) in [6.45, 7) is 6.44. The van der Waals surface area contributed by atoms with Crippen LogP contribution in [0.15, 0.2) is 22.7 Å². The molecule has 0 fully saturated rings. The van der Waals surface area contributed by atoms with Gasteiger partial charge < -0.3 is 11.1 Å². The maximum atomic E-state index is 5.74. The van der Waals surface area contributed by atoms with Gasteiger partial charge in [0.2, 0.25) is 0 Å². The Morgan fingerprint density at radius 3 is 2.62 bits per heavy atom. The van der Waals surface area contributed by atoms with E-state index >= 15 is 0 Å². The second-order valence-corrected chi connectivity index (χ2v) is 5.68. The van der Waals surface area contributed by atoms with Gasteiger partial charge in [-0.15, -0.1) is 0 Å². The normalized spacial score (nSPS) is 11.2. The van der Waals surface area contributed by atoms with Crippen molar-refractivity contribution in [3.8, 4) is 0 Å². The van der Waals surface area contributed by atoms with Crippen LogP contribution < -0.4 is 11.1 Å². The van der Waals surface area contributed by atoms with Gasteiger partial charge in [-0.05, 0) is 48.3 Å². The van der Waals surface area contributed by atoms with E-state index in [0.717, 1.165) is 22.1 Å². The third-order valence-corrected chi connectivity index (χ3v) is 3.48. The third kappa shape index (κ3) is 3.19. The molecule has 0 aromatic heterocycles. The van der Waals surface area contributed by atoms with Crippen molar-refractivity contribution >= 4 is 38.8 Å². The van der Waals surface area contributed by atoms with E-state index in [4.69, 9.17) is 18.0 Å². The molecule has 0 atom stereocenters. The fourth-order valence-corrected chi connectivity index (χ4v) is 2.26. The molecule has 2 nitrogen and oxygen atoms in total. The highest BCUT2D eigenvalue weighted by Crippen LogP contribution is 2.27. The first-order chi connectivity index (χ1) is 7.37. The van der Waals surface area contributed by atoms with E-state index in [1.807, 2.05) is 18.2 Å². The Hall–Kier alpha value is -0.610. The lowest BCUT2D eigenvalue weighted by Gasteiger charge is -2.27. The van der Waals surface area contributed by atoms with E-state index in [9.17, 15) is 0 Å². The average molecular weight is 301 g/mol. The first kappa shape index (κ1) is 13.5. The molecule has 0 aliphatic heterocycles. The Morgan fingerprint density at radius 1 is 1.50 bits per heavy atom. The zero-order valence-corrected chi connectivity index (χ0v) is 12.2. The molecule has 0 saturated heterocycles. The van der Waals surface area contributed by atoms with Gasteiger partial charge in [0.25, 0.3) is 0 Å². The van der Waals surface area contributed by atoms with Crippen molar-refractivity contribution in [2.24, 2.45) is 5.73 Å². The number of nitrogens with two attached hydrogens (primary N) is 1. The summed E-state index contributed by atoms with van der Waals surface area (Å²) in [7, 11) is 0. The molecule has 0 bridgehead atoms. The second-order valence-electron chi connectivity index (χ2n) is 4.39. The fraction of sp³-hybridized carbons (Fsp3) is 0.417. The average Bonchev–Trinajstić information content (AvgIpc) is 2.16. The lowest BCUT2D eigenvalue weighted by Crippen LogP contribution is -2.31. The molecule has 4 heteroatoms. The summed E-state index contributed by atoms with van der Waals surface area (Å²) in [4.78, 5) is 0.405. The van der Waals surface area contributed by atoms with Gasteiger partial charge in [-0.3, -0.25) is 0 Å². The topological polar surface area (TPSA) is 38.0 Å². The van der Waals surface area contributed by atoms with Crippen LogP contribution >= 0.6 is 28.1 Å². The van der Waals surface area contributed by atoms with Crippen molar-refractivity contribution in [3.05, 3.63) is 28.2 Å². The monoisotopic (exact) mass is 300 g/mol. The molecular formula is C12H17BrN2S. The minimum Gasteiger partial charge on any atom is -0.389 e. The van der Waals surface area contributed by atoms with Gasteiger partial charge in [-0.2, -0.15) is 0 Å². The van der Waals surface area contributed by atoms with Crippen molar-refractivity contribution in [1.82, 2.24) is 0 Å². The number of hydrogen-bond acceptors (Lipinski definition) is 2. The minimum absolute atomic E-state index is 0.0281. The molecule has 3 N–H and O–H groups in total. The molecule has 1 aromatic rings. The van der Waals surface area contributed by atoms with Crippen LogP contribution in [0.5, 0.6) is 0 Å². The molecular weight excluding hydrogens is 284 g/mol. The predicted molar refractivity (Wildman–Crippen MR) is 78.0 cm³/mol. The Kier molecular flexibility index (Phi) is 4.33. The largest absolute Gasteiger partial charge is 0.389 e. The van der Waals surface area contributed by atoms with E-state index < -0.39 is 0 Å². The van der Waals surface area contributed by atoms with Crippen molar-refractivity contribution in [1.29, 1.82) is 0 Å². The first-order valence-electron chi connectivity index (χ1n) is 5.24. The van der Waals surface area contributed by atoms with Crippen molar-refractivity contribution in [3.63, 3.8) is 0 Å². The van der Waals surface area contributed by atoms with E-state index in [0.29, 0.717) is 4.99 Å². The summed E-state index contributed by atoms with van der Waals surface area (Å²) in [6, 6.07) is 5.91. The van der Waals surface area contributed by atoms with E-state index in [-0.39, 0.29) is 5.54 Å². The molecule has 16 heavy (non-hydrogen) atoms. The number of benzene rings is 1. The fourth-order valence-electron chi connectivity index (χ4n) is 1.33. The van der Waals surface area contributed by atoms with Crippen LogP contribution in [0.3, 0.4) is 0 Å². The maximum absolute atomic E-state index is 5.74. The molecule has 1 aromatic carbocycles. The molecule has 1 rings (SSSR count). The van der Waals surface area contributed by atoms with Gasteiger partial charge >= 0.3 is 0 Å². The third-order valence-electron chi connectivity index (χ3n) is 2.62. The van der Waals surface area contributed by atoms with Gasteiger partial charge in [0.05, 0.1) is 0 Å². The Morgan fingerprint density at radius 2 is 2.12 bits per heavy atom. The zero-order chi connectivity index (χ0) is 12.3. The van der Waals surface area contributed by atoms with E-state index in [1.54, 1.807) is 0 Å². The Balaban J connectivity index is 3.14. The van der Waals surface area contributed by atoms with Crippen molar-refractivity contribution in [2.45, 2.75) is 32.7 Å². The molecule has 0 unspecified atom stereocenters. The Labute approximate surface area is 111 Å². The van der Waals surface area contributed by atoms with Crippen molar-refractivity contribution in [2.75, 3.05) is 5.32 Å². The number of hydrogen-bond donors (Lipinski definition) is 2. The van der Waals surface area contributed by atoms with Gasteiger partial charge in [0, 0.05) is 21.3 Å². The number of nitrogens with one attached hydrogen (secondary N) is 1. The quantitative estimate of drug-likeness (QED) is 0.833. The van der Waals surface area contributed by atoms with Gasteiger partial charge in [-0.25, -0.2) is 0 Å². The highest BCUT2D eigenvalue weighted by molar-refractivity contribution is 9.10. The van der Waals surface area contributed by atoms with Gasteiger partial charge in [-0.1, -0.05) is 25.2 Å². The van der Waals surface area contributed by atoms with Crippen LogP contribution in [-0.2, 0) is 0 Å². The molecule has 0 radical (unpaired) electrons. The second kappa shape index (κ2) is 5.15. The summed E-state index contributed by atoms with van der Waals surface area (Å²) in [5.41, 5.74) is 7.62. The summed E-state index contributed by atoms with van der Waals surface area (Å²) in [5.74, 6) is 0. The summed E-state index contributed by atoms with van der Waals surface area (Å²) >= 11 is 8.54. The number of anilines is 1. The van der Waals surface area contributed by atoms with Crippen LogP contribution in [0.2, 0.25) is 0 Å². The molecule has 0 heterocycles. The van der Waals surface area contributed by atoms with Crippen LogP contribution in [0.1, 0.15) is 32.8 Å². The Bertz CT molecular complexity index is 402. The zero-order valence-electron chi connectivity index (χ0n) is 9.80. The number of halogens is 1. The molecule has 0 amide bonds. The summed E-state index contributed by atoms with van der Waals surface area (Å²) in [5, 5.41) is 3.46.